The third kappa shape index (κ3) is 4.97. The summed E-state index contributed by atoms with van der Waals surface area (Å²) in [6.07, 6.45) is 0.242. The number of fused-ring (bicyclic) bond motifs is 1. The van der Waals surface area contributed by atoms with Gasteiger partial charge < -0.3 is 10.6 Å². The highest BCUT2D eigenvalue weighted by molar-refractivity contribution is 5.97. The molecule has 0 radical (unpaired) electrons. The Kier molecular flexibility index (Phi) is 6.09. The maximum absolute atomic E-state index is 12.7. The molecule has 0 saturated carbocycles. The van der Waals surface area contributed by atoms with Gasteiger partial charge in [-0.3, -0.25) is 9.59 Å². The van der Waals surface area contributed by atoms with Crippen molar-refractivity contribution < 1.29 is 9.59 Å². The van der Waals surface area contributed by atoms with Crippen molar-refractivity contribution in [3.63, 3.8) is 0 Å². The highest BCUT2D eigenvalue weighted by atomic mass is 16.2. The minimum atomic E-state index is -0.589. The van der Waals surface area contributed by atoms with E-state index in [0.717, 1.165) is 27.6 Å². The van der Waals surface area contributed by atoms with Crippen LogP contribution < -0.4 is 10.6 Å². The average Bonchev–Trinajstić information content (AvgIpc) is 2.67. The molecule has 4 nitrogen and oxygen atoms in total. The number of carbonyl (C=O) groups is 2. The van der Waals surface area contributed by atoms with E-state index in [1.165, 1.54) is 0 Å². The summed E-state index contributed by atoms with van der Waals surface area (Å²) in [6.45, 7) is 5.85. The average molecular weight is 374 g/mol. The zero-order chi connectivity index (χ0) is 20.1. The number of rotatable bonds is 6. The molecule has 0 aliphatic carbocycles. The van der Waals surface area contributed by atoms with Crippen LogP contribution >= 0.6 is 0 Å². The van der Waals surface area contributed by atoms with Crippen molar-refractivity contribution in [2.45, 2.75) is 33.2 Å². The van der Waals surface area contributed by atoms with Crippen molar-refractivity contribution >= 4 is 28.3 Å². The maximum atomic E-state index is 12.7. The van der Waals surface area contributed by atoms with Gasteiger partial charge in [0.1, 0.15) is 6.04 Å². The normalized spacial score (nSPS) is 12.0. The van der Waals surface area contributed by atoms with Crippen LogP contribution in [0.25, 0.3) is 10.8 Å². The predicted octanol–water partition coefficient (Wildman–Crippen LogP) is 4.47. The van der Waals surface area contributed by atoms with Gasteiger partial charge in [0, 0.05) is 5.69 Å². The molecule has 0 bridgehead atoms. The summed E-state index contributed by atoms with van der Waals surface area (Å²) in [5.74, 6) is -0.384. The summed E-state index contributed by atoms with van der Waals surface area (Å²) < 4.78 is 0. The van der Waals surface area contributed by atoms with Crippen LogP contribution in [-0.2, 0) is 16.0 Å². The number of nitrogens with one attached hydrogen (secondary N) is 2. The van der Waals surface area contributed by atoms with Crippen LogP contribution in [0.1, 0.15) is 25.0 Å². The van der Waals surface area contributed by atoms with Crippen molar-refractivity contribution in [1.29, 1.82) is 0 Å². The monoisotopic (exact) mass is 374 g/mol. The van der Waals surface area contributed by atoms with E-state index in [-0.39, 0.29) is 24.2 Å². The standard InChI is InChI=1S/C24H26N2O2/c1-16(2)23(24(28)25-21-12-8-17(3)9-13-21)26-22(27)15-18-10-11-19-6-4-5-7-20(19)14-18/h4-14,16,23H,15H2,1-3H3,(H,25,28)(H,26,27). The Morgan fingerprint density at radius 2 is 1.57 bits per heavy atom. The summed E-state index contributed by atoms with van der Waals surface area (Å²) in [5.41, 5.74) is 2.78. The molecular formula is C24H26N2O2. The molecule has 0 aliphatic heterocycles. The third-order valence-corrected chi connectivity index (χ3v) is 4.76. The molecule has 1 unspecified atom stereocenters. The van der Waals surface area contributed by atoms with E-state index in [9.17, 15) is 9.59 Å². The predicted molar refractivity (Wildman–Crippen MR) is 114 cm³/mol. The summed E-state index contributed by atoms with van der Waals surface area (Å²) in [7, 11) is 0. The van der Waals surface area contributed by atoms with Crippen LogP contribution in [0.2, 0.25) is 0 Å². The number of amides is 2. The first-order valence-electron chi connectivity index (χ1n) is 9.57. The second-order valence-corrected chi connectivity index (χ2v) is 7.50. The van der Waals surface area contributed by atoms with Crippen LogP contribution in [-0.4, -0.2) is 17.9 Å². The summed E-state index contributed by atoms with van der Waals surface area (Å²) in [4.78, 5) is 25.2. The van der Waals surface area contributed by atoms with E-state index in [0.29, 0.717) is 0 Å². The summed E-state index contributed by atoms with van der Waals surface area (Å²) in [5, 5.41) is 8.03. The zero-order valence-corrected chi connectivity index (χ0v) is 16.5. The molecule has 0 heterocycles. The van der Waals surface area contributed by atoms with Gasteiger partial charge in [-0.05, 0) is 41.3 Å². The summed E-state index contributed by atoms with van der Waals surface area (Å²) >= 11 is 0. The molecule has 2 N–H and O–H groups in total. The molecule has 144 valence electrons. The zero-order valence-electron chi connectivity index (χ0n) is 16.5. The lowest BCUT2D eigenvalue weighted by Gasteiger charge is -2.22. The Morgan fingerprint density at radius 3 is 2.25 bits per heavy atom. The lowest BCUT2D eigenvalue weighted by Crippen LogP contribution is -2.47. The van der Waals surface area contributed by atoms with Gasteiger partial charge >= 0.3 is 0 Å². The Bertz CT molecular complexity index is 977. The van der Waals surface area contributed by atoms with E-state index in [2.05, 4.69) is 10.6 Å². The second-order valence-electron chi connectivity index (χ2n) is 7.50. The van der Waals surface area contributed by atoms with Crippen molar-refractivity contribution in [3.05, 3.63) is 77.9 Å². The lowest BCUT2D eigenvalue weighted by atomic mass is 10.0. The van der Waals surface area contributed by atoms with Gasteiger partial charge in [-0.25, -0.2) is 0 Å². The first kappa shape index (κ1) is 19.6. The number of anilines is 1. The van der Waals surface area contributed by atoms with Gasteiger partial charge in [0.05, 0.1) is 6.42 Å². The minimum absolute atomic E-state index is 0.0222. The topological polar surface area (TPSA) is 58.2 Å². The summed E-state index contributed by atoms with van der Waals surface area (Å²) in [6, 6.07) is 21.1. The fourth-order valence-corrected chi connectivity index (χ4v) is 3.15. The molecule has 0 fully saturated rings. The number of hydrogen-bond donors (Lipinski definition) is 2. The van der Waals surface area contributed by atoms with Gasteiger partial charge in [-0.2, -0.15) is 0 Å². The highest BCUT2D eigenvalue weighted by Gasteiger charge is 2.24. The molecule has 3 aromatic carbocycles. The Balaban J connectivity index is 1.66. The highest BCUT2D eigenvalue weighted by Crippen LogP contribution is 2.16. The molecule has 3 aromatic rings. The largest absolute Gasteiger partial charge is 0.344 e. The first-order valence-corrected chi connectivity index (χ1v) is 9.57. The van der Waals surface area contributed by atoms with Crippen molar-refractivity contribution in [3.8, 4) is 0 Å². The fraction of sp³-hybridized carbons (Fsp3) is 0.250. The third-order valence-electron chi connectivity index (χ3n) is 4.76. The van der Waals surface area contributed by atoms with E-state index >= 15 is 0 Å². The van der Waals surface area contributed by atoms with Crippen molar-refractivity contribution in [2.75, 3.05) is 5.32 Å². The van der Waals surface area contributed by atoms with Crippen molar-refractivity contribution in [1.82, 2.24) is 5.32 Å². The Morgan fingerprint density at radius 1 is 0.893 bits per heavy atom. The van der Waals surface area contributed by atoms with E-state index in [1.54, 1.807) is 0 Å². The molecule has 2 amide bonds. The molecule has 0 aliphatic rings. The minimum Gasteiger partial charge on any atom is -0.344 e. The van der Waals surface area contributed by atoms with Crippen LogP contribution in [0, 0.1) is 12.8 Å². The Hall–Kier alpha value is -3.14. The molecule has 3 rings (SSSR count). The smallest absolute Gasteiger partial charge is 0.247 e. The van der Waals surface area contributed by atoms with Gasteiger partial charge in [0.15, 0.2) is 0 Å². The van der Waals surface area contributed by atoms with E-state index in [4.69, 9.17) is 0 Å². The van der Waals surface area contributed by atoms with Crippen LogP contribution in [0.4, 0.5) is 5.69 Å². The van der Waals surface area contributed by atoms with Crippen LogP contribution in [0.5, 0.6) is 0 Å². The molecule has 0 saturated heterocycles. The first-order chi connectivity index (χ1) is 13.4. The molecule has 28 heavy (non-hydrogen) atoms. The molecule has 4 heteroatoms. The Labute approximate surface area is 166 Å². The van der Waals surface area contributed by atoms with E-state index in [1.807, 2.05) is 87.5 Å². The van der Waals surface area contributed by atoms with Gasteiger partial charge in [-0.15, -0.1) is 0 Å². The molecule has 0 aromatic heterocycles. The van der Waals surface area contributed by atoms with Crippen molar-refractivity contribution in [2.24, 2.45) is 5.92 Å². The van der Waals surface area contributed by atoms with Gasteiger partial charge in [-0.1, -0.05) is 74.0 Å². The van der Waals surface area contributed by atoms with Gasteiger partial charge in [0.25, 0.3) is 0 Å². The molecule has 0 spiro atoms. The molecular weight excluding hydrogens is 348 g/mol. The quantitative estimate of drug-likeness (QED) is 0.669. The number of carbonyl (C=O) groups excluding carboxylic acids is 2. The second kappa shape index (κ2) is 8.70. The molecule has 1 atom stereocenters. The number of hydrogen-bond acceptors (Lipinski definition) is 2. The van der Waals surface area contributed by atoms with E-state index < -0.39 is 6.04 Å². The number of aryl methyl sites for hydroxylation is 1. The van der Waals surface area contributed by atoms with Gasteiger partial charge in [0.2, 0.25) is 11.8 Å². The fourth-order valence-electron chi connectivity index (χ4n) is 3.15. The maximum Gasteiger partial charge on any atom is 0.247 e. The SMILES string of the molecule is Cc1ccc(NC(=O)C(NC(=O)Cc2ccc3ccccc3c2)C(C)C)cc1. The lowest BCUT2D eigenvalue weighted by molar-refractivity contribution is -0.127. The van der Waals surface area contributed by atoms with Crippen LogP contribution in [0.15, 0.2) is 66.7 Å². The van der Waals surface area contributed by atoms with Crippen LogP contribution in [0.3, 0.4) is 0 Å². The number of benzene rings is 3.